The Morgan fingerprint density at radius 1 is 1.22 bits per heavy atom. The van der Waals surface area contributed by atoms with Gasteiger partial charge in [0, 0.05) is 32.2 Å². The fourth-order valence-corrected chi connectivity index (χ4v) is 5.99. The highest BCUT2D eigenvalue weighted by atomic mass is 16.5. The van der Waals surface area contributed by atoms with Gasteiger partial charge in [-0.25, -0.2) is 0 Å². The van der Waals surface area contributed by atoms with E-state index >= 15 is 0 Å². The largest absolute Gasteiger partial charge is 0.383 e. The van der Waals surface area contributed by atoms with Crippen LogP contribution < -0.4 is 5.32 Å². The smallest absolute Gasteiger partial charge is 0.225 e. The van der Waals surface area contributed by atoms with E-state index in [1.54, 1.807) is 12.0 Å². The molecule has 2 amide bonds. The minimum absolute atomic E-state index is 0.0504. The molecule has 1 saturated heterocycles. The molecule has 4 saturated carbocycles. The molecule has 1 unspecified atom stereocenters. The molecular formula is C18H28N2O3. The molecule has 0 spiro atoms. The molecule has 0 aromatic rings. The maximum atomic E-state index is 12.8. The van der Waals surface area contributed by atoms with Crippen molar-refractivity contribution in [2.45, 2.75) is 50.5 Å². The van der Waals surface area contributed by atoms with Gasteiger partial charge in [-0.15, -0.1) is 0 Å². The Hall–Kier alpha value is -1.10. The van der Waals surface area contributed by atoms with Crippen LogP contribution in [0.3, 0.4) is 0 Å². The number of nitrogens with one attached hydrogen (secondary N) is 1. The van der Waals surface area contributed by atoms with Gasteiger partial charge in [0.15, 0.2) is 0 Å². The van der Waals surface area contributed by atoms with Crippen LogP contribution in [0, 0.1) is 23.7 Å². The highest BCUT2D eigenvalue weighted by molar-refractivity contribution is 5.89. The van der Waals surface area contributed by atoms with Crippen molar-refractivity contribution in [2.75, 3.05) is 26.8 Å². The van der Waals surface area contributed by atoms with Gasteiger partial charge in [0.1, 0.15) is 0 Å². The predicted octanol–water partition coefficient (Wildman–Crippen LogP) is 1.57. The topological polar surface area (TPSA) is 58.6 Å². The van der Waals surface area contributed by atoms with E-state index in [-0.39, 0.29) is 23.3 Å². The quantitative estimate of drug-likeness (QED) is 0.836. The molecule has 1 atom stereocenters. The van der Waals surface area contributed by atoms with Crippen LogP contribution in [0.4, 0.5) is 0 Å². The van der Waals surface area contributed by atoms with Crippen molar-refractivity contribution in [3.63, 3.8) is 0 Å². The van der Waals surface area contributed by atoms with Crippen LogP contribution in [0.5, 0.6) is 0 Å². The van der Waals surface area contributed by atoms with Crippen molar-refractivity contribution in [1.82, 2.24) is 10.2 Å². The van der Waals surface area contributed by atoms with Gasteiger partial charge in [-0.05, 0) is 56.3 Å². The molecule has 5 nitrogen and oxygen atoms in total. The van der Waals surface area contributed by atoms with Crippen molar-refractivity contribution >= 4 is 11.8 Å². The van der Waals surface area contributed by atoms with E-state index in [9.17, 15) is 9.59 Å². The molecule has 128 valence electrons. The molecule has 0 aromatic carbocycles. The summed E-state index contributed by atoms with van der Waals surface area (Å²) in [5, 5.41) is 3.41. The van der Waals surface area contributed by atoms with E-state index in [4.69, 9.17) is 4.74 Å². The monoisotopic (exact) mass is 320 g/mol. The standard InChI is InChI=1S/C18H28N2O3/c1-23-3-2-20-11-15(7-16(20)21)17(22)19-18-8-12-4-13(9-18)6-14(5-12)10-18/h12-15H,2-11H2,1H3,(H,19,22). The van der Waals surface area contributed by atoms with Crippen molar-refractivity contribution in [2.24, 2.45) is 23.7 Å². The lowest BCUT2D eigenvalue weighted by atomic mass is 9.53. The van der Waals surface area contributed by atoms with Gasteiger partial charge in [-0.3, -0.25) is 9.59 Å². The first kappa shape index (κ1) is 15.4. The summed E-state index contributed by atoms with van der Waals surface area (Å²) in [6.45, 7) is 1.69. The van der Waals surface area contributed by atoms with E-state index in [1.807, 2.05) is 0 Å². The molecular weight excluding hydrogens is 292 g/mol. The third kappa shape index (κ3) is 2.88. The number of hydrogen-bond acceptors (Lipinski definition) is 3. The predicted molar refractivity (Wildman–Crippen MR) is 85.6 cm³/mol. The average molecular weight is 320 g/mol. The summed E-state index contributed by atoms with van der Waals surface area (Å²) in [7, 11) is 1.64. The van der Waals surface area contributed by atoms with E-state index in [0.717, 1.165) is 17.8 Å². The maximum absolute atomic E-state index is 12.8. The summed E-state index contributed by atoms with van der Waals surface area (Å²) in [6, 6.07) is 0. The van der Waals surface area contributed by atoms with Crippen LogP contribution in [0.1, 0.15) is 44.9 Å². The molecule has 5 fully saturated rings. The number of ether oxygens (including phenoxy) is 1. The van der Waals surface area contributed by atoms with Crippen LogP contribution >= 0.6 is 0 Å². The highest BCUT2D eigenvalue weighted by Gasteiger charge is 2.52. The Kier molecular flexibility index (Phi) is 3.87. The lowest BCUT2D eigenvalue weighted by Crippen LogP contribution is -2.60. The Morgan fingerprint density at radius 2 is 1.83 bits per heavy atom. The van der Waals surface area contributed by atoms with Crippen molar-refractivity contribution in [3.8, 4) is 0 Å². The van der Waals surface area contributed by atoms with Crippen LogP contribution in [-0.2, 0) is 14.3 Å². The van der Waals surface area contributed by atoms with Gasteiger partial charge in [0.05, 0.1) is 12.5 Å². The van der Waals surface area contributed by atoms with Crippen molar-refractivity contribution in [1.29, 1.82) is 0 Å². The zero-order chi connectivity index (χ0) is 16.0. The third-order valence-electron chi connectivity index (χ3n) is 6.58. The molecule has 23 heavy (non-hydrogen) atoms. The van der Waals surface area contributed by atoms with E-state index in [1.165, 1.54) is 38.5 Å². The molecule has 0 radical (unpaired) electrons. The second-order valence-corrected chi connectivity index (χ2v) is 8.42. The Morgan fingerprint density at radius 3 is 2.39 bits per heavy atom. The first-order chi connectivity index (χ1) is 11.1. The van der Waals surface area contributed by atoms with Crippen LogP contribution in [-0.4, -0.2) is 49.1 Å². The SMILES string of the molecule is COCCN1CC(C(=O)NC23CC4CC(CC(C4)C2)C3)CC1=O. The number of carbonyl (C=O) groups excluding carboxylic acids is 2. The Labute approximate surface area is 138 Å². The molecule has 4 aliphatic carbocycles. The Balaban J connectivity index is 1.38. The summed E-state index contributed by atoms with van der Waals surface area (Å²) >= 11 is 0. The van der Waals surface area contributed by atoms with Crippen molar-refractivity contribution < 1.29 is 14.3 Å². The Bertz CT molecular complexity index is 469. The summed E-state index contributed by atoms with van der Waals surface area (Å²) in [5.41, 5.74) is 0.0504. The molecule has 1 heterocycles. The summed E-state index contributed by atoms with van der Waals surface area (Å²) in [4.78, 5) is 26.6. The van der Waals surface area contributed by atoms with Crippen molar-refractivity contribution in [3.05, 3.63) is 0 Å². The van der Waals surface area contributed by atoms with E-state index in [2.05, 4.69) is 5.32 Å². The minimum Gasteiger partial charge on any atom is -0.383 e. The van der Waals surface area contributed by atoms with Crippen LogP contribution in [0.25, 0.3) is 0 Å². The fourth-order valence-electron chi connectivity index (χ4n) is 5.99. The maximum Gasteiger partial charge on any atom is 0.225 e. The highest BCUT2D eigenvalue weighted by Crippen LogP contribution is 2.55. The lowest BCUT2D eigenvalue weighted by molar-refractivity contribution is -0.132. The molecule has 1 N–H and O–H groups in total. The van der Waals surface area contributed by atoms with Gasteiger partial charge in [-0.1, -0.05) is 0 Å². The van der Waals surface area contributed by atoms with Crippen LogP contribution in [0.15, 0.2) is 0 Å². The summed E-state index contributed by atoms with van der Waals surface area (Å²) in [5.74, 6) is 2.50. The average Bonchev–Trinajstić information content (AvgIpc) is 2.84. The van der Waals surface area contributed by atoms with Crippen LogP contribution in [0.2, 0.25) is 0 Å². The number of carbonyl (C=O) groups is 2. The zero-order valence-corrected chi connectivity index (χ0v) is 14.1. The third-order valence-corrected chi connectivity index (χ3v) is 6.58. The summed E-state index contributed by atoms with van der Waals surface area (Å²) in [6.07, 6.45) is 7.99. The number of hydrogen-bond donors (Lipinski definition) is 1. The second-order valence-electron chi connectivity index (χ2n) is 8.42. The van der Waals surface area contributed by atoms with Gasteiger partial charge < -0.3 is 15.0 Å². The summed E-state index contributed by atoms with van der Waals surface area (Å²) < 4.78 is 5.04. The first-order valence-corrected chi connectivity index (χ1v) is 9.15. The minimum atomic E-state index is -0.174. The molecule has 5 aliphatic rings. The molecule has 5 rings (SSSR count). The molecule has 1 aliphatic heterocycles. The molecule has 5 heteroatoms. The number of nitrogens with zero attached hydrogens (tertiary/aromatic N) is 1. The molecule has 0 aromatic heterocycles. The van der Waals surface area contributed by atoms with Gasteiger partial charge in [0.25, 0.3) is 0 Å². The second kappa shape index (κ2) is 5.76. The number of methoxy groups -OCH3 is 1. The van der Waals surface area contributed by atoms with Gasteiger partial charge in [-0.2, -0.15) is 0 Å². The normalized spacial score (nSPS) is 41.6. The number of amides is 2. The number of likely N-dealkylation sites (tertiary alicyclic amines) is 1. The zero-order valence-electron chi connectivity index (χ0n) is 14.1. The lowest BCUT2D eigenvalue weighted by Gasteiger charge is -2.57. The number of rotatable bonds is 5. The first-order valence-electron chi connectivity index (χ1n) is 9.15. The van der Waals surface area contributed by atoms with E-state index in [0.29, 0.717) is 26.1 Å². The molecule has 4 bridgehead atoms. The van der Waals surface area contributed by atoms with E-state index < -0.39 is 0 Å². The van der Waals surface area contributed by atoms with Gasteiger partial charge >= 0.3 is 0 Å². The fraction of sp³-hybridized carbons (Fsp3) is 0.889. The van der Waals surface area contributed by atoms with Gasteiger partial charge in [0.2, 0.25) is 11.8 Å².